The Labute approximate surface area is 113 Å². The summed E-state index contributed by atoms with van der Waals surface area (Å²) < 4.78 is 5.64. The van der Waals surface area contributed by atoms with E-state index in [0.29, 0.717) is 6.04 Å². The standard InChI is InChI=1S/C16H20N2O/c1-2-4-16-15(3-1)12(11-19-16)9-18-8-7-13-5-6-14(10-18)17-13/h1-4,11,13-14,17H,5-10H2. The number of nitrogens with one attached hydrogen (secondary N) is 1. The topological polar surface area (TPSA) is 28.4 Å². The Balaban J connectivity index is 1.54. The number of furan rings is 1. The first kappa shape index (κ1) is 11.5. The highest BCUT2D eigenvalue weighted by molar-refractivity contribution is 5.80. The van der Waals surface area contributed by atoms with E-state index in [2.05, 4.69) is 22.3 Å². The van der Waals surface area contributed by atoms with Gasteiger partial charge in [0.15, 0.2) is 0 Å². The van der Waals surface area contributed by atoms with E-state index >= 15 is 0 Å². The van der Waals surface area contributed by atoms with Gasteiger partial charge in [-0.15, -0.1) is 0 Å². The number of para-hydroxylation sites is 1. The molecule has 0 saturated carbocycles. The SMILES string of the molecule is c1ccc2c(CN3CCC4CCC(C3)N4)coc2c1. The predicted octanol–water partition coefficient (Wildman–Crippen LogP) is 2.76. The molecule has 2 atom stereocenters. The Morgan fingerprint density at radius 1 is 1.16 bits per heavy atom. The molecule has 2 saturated heterocycles. The average molecular weight is 256 g/mol. The van der Waals surface area contributed by atoms with Gasteiger partial charge in [-0.2, -0.15) is 0 Å². The first-order valence-electron chi connectivity index (χ1n) is 7.32. The van der Waals surface area contributed by atoms with Gasteiger partial charge in [-0.05, 0) is 25.3 Å². The minimum atomic E-state index is 0.700. The summed E-state index contributed by atoms with van der Waals surface area (Å²) in [6.45, 7) is 3.39. The predicted molar refractivity (Wildman–Crippen MR) is 76.1 cm³/mol. The van der Waals surface area contributed by atoms with E-state index in [-0.39, 0.29) is 0 Å². The maximum absolute atomic E-state index is 5.64. The minimum Gasteiger partial charge on any atom is -0.464 e. The second kappa shape index (κ2) is 4.66. The Bertz CT molecular complexity index is 577. The molecule has 2 aliphatic heterocycles. The second-order valence-corrected chi connectivity index (χ2v) is 5.92. The van der Waals surface area contributed by atoms with E-state index in [1.165, 1.54) is 43.3 Å². The highest BCUT2D eigenvalue weighted by atomic mass is 16.3. The molecule has 3 heteroatoms. The molecule has 2 bridgehead atoms. The maximum atomic E-state index is 5.64. The summed E-state index contributed by atoms with van der Waals surface area (Å²) in [7, 11) is 0. The van der Waals surface area contributed by atoms with Crippen LogP contribution in [0.5, 0.6) is 0 Å². The van der Waals surface area contributed by atoms with Crippen LogP contribution in [0.15, 0.2) is 34.9 Å². The van der Waals surface area contributed by atoms with E-state index in [1.54, 1.807) is 0 Å². The molecule has 4 rings (SSSR count). The molecule has 3 nitrogen and oxygen atoms in total. The normalized spacial score (nSPS) is 27.8. The number of likely N-dealkylation sites (tertiary alicyclic amines) is 1. The number of hydrogen-bond acceptors (Lipinski definition) is 3. The van der Waals surface area contributed by atoms with Gasteiger partial charge in [0.1, 0.15) is 5.58 Å². The summed E-state index contributed by atoms with van der Waals surface area (Å²) >= 11 is 0. The Morgan fingerprint density at radius 3 is 3.05 bits per heavy atom. The number of fused-ring (bicyclic) bond motifs is 3. The van der Waals surface area contributed by atoms with Crippen LogP contribution in [0.3, 0.4) is 0 Å². The van der Waals surface area contributed by atoms with Crippen molar-refractivity contribution in [1.82, 2.24) is 10.2 Å². The number of nitrogens with zero attached hydrogens (tertiary/aromatic N) is 1. The Morgan fingerprint density at radius 2 is 2.05 bits per heavy atom. The molecule has 2 aliphatic rings. The van der Waals surface area contributed by atoms with Gasteiger partial charge in [-0.25, -0.2) is 0 Å². The van der Waals surface area contributed by atoms with Gasteiger partial charge >= 0.3 is 0 Å². The lowest BCUT2D eigenvalue weighted by Crippen LogP contribution is -2.34. The van der Waals surface area contributed by atoms with Gasteiger partial charge in [0.2, 0.25) is 0 Å². The van der Waals surface area contributed by atoms with Crippen LogP contribution >= 0.6 is 0 Å². The lowest BCUT2D eigenvalue weighted by atomic mass is 10.1. The van der Waals surface area contributed by atoms with Crippen LogP contribution in [-0.2, 0) is 6.54 Å². The maximum Gasteiger partial charge on any atom is 0.134 e. The number of benzene rings is 1. The molecule has 1 N–H and O–H groups in total. The molecule has 0 radical (unpaired) electrons. The molecular weight excluding hydrogens is 236 g/mol. The average Bonchev–Trinajstić information content (AvgIpc) is 2.97. The molecule has 1 aromatic heterocycles. The van der Waals surface area contributed by atoms with E-state index in [4.69, 9.17) is 4.42 Å². The van der Waals surface area contributed by atoms with Crippen molar-refractivity contribution in [2.45, 2.75) is 37.9 Å². The largest absolute Gasteiger partial charge is 0.464 e. The summed E-state index contributed by atoms with van der Waals surface area (Å²) in [5, 5.41) is 5.00. The lowest BCUT2D eigenvalue weighted by Gasteiger charge is -2.23. The smallest absolute Gasteiger partial charge is 0.134 e. The third-order valence-corrected chi connectivity index (χ3v) is 4.56. The summed E-state index contributed by atoms with van der Waals surface area (Å²) in [6.07, 6.45) is 5.92. The van der Waals surface area contributed by atoms with Crippen LogP contribution in [0.4, 0.5) is 0 Å². The highest BCUT2D eigenvalue weighted by Crippen LogP contribution is 2.25. The molecule has 3 heterocycles. The van der Waals surface area contributed by atoms with Gasteiger partial charge < -0.3 is 9.73 Å². The molecular formula is C16H20N2O. The van der Waals surface area contributed by atoms with E-state index in [1.807, 2.05) is 18.4 Å². The molecule has 100 valence electrons. The lowest BCUT2D eigenvalue weighted by molar-refractivity contribution is 0.251. The third kappa shape index (κ3) is 2.17. The van der Waals surface area contributed by atoms with Crippen LogP contribution in [0.1, 0.15) is 24.8 Å². The molecule has 2 aromatic rings. The molecule has 2 unspecified atom stereocenters. The van der Waals surface area contributed by atoms with Gasteiger partial charge in [-0.1, -0.05) is 18.2 Å². The number of rotatable bonds is 2. The zero-order valence-corrected chi connectivity index (χ0v) is 11.1. The van der Waals surface area contributed by atoms with Crippen LogP contribution < -0.4 is 5.32 Å². The monoisotopic (exact) mass is 256 g/mol. The molecule has 0 aliphatic carbocycles. The van der Waals surface area contributed by atoms with Crippen molar-refractivity contribution in [2.24, 2.45) is 0 Å². The summed E-state index contributed by atoms with van der Waals surface area (Å²) in [5.74, 6) is 0. The zero-order valence-electron chi connectivity index (χ0n) is 11.1. The second-order valence-electron chi connectivity index (χ2n) is 5.92. The Kier molecular flexibility index (Phi) is 2.82. The molecule has 1 aromatic carbocycles. The van der Waals surface area contributed by atoms with Crippen molar-refractivity contribution in [3.8, 4) is 0 Å². The first-order valence-corrected chi connectivity index (χ1v) is 7.32. The van der Waals surface area contributed by atoms with Crippen LogP contribution in [0.25, 0.3) is 11.0 Å². The summed E-state index contributed by atoms with van der Waals surface area (Å²) in [5.41, 5.74) is 2.33. The van der Waals surface area contributed by atoms with Crippen LogP contribution in [0, 0.1) is 0 Å². The first-order chi connectivity index (χ1) is 9.38. The van der Waals surface area contributed by atoms with Crippen molar-refractivity contribution < 1.29 is 4.42 Å². The van der Waals surface area contributed by atoms with E-state index in [0.717, 1.165) is 18.2 Å². The molecule has 0 amide bonds. The van der Waals surface area contributed by atoms with E-state index in [9.17, 15) is 0 Å². The summed E-state index contributed by atoms with van der Waals surface area (Å²) in [6, 6.07) is 9.79. The fourth-order valence-electron chi connectivity index (χ4n) is 3.56. The van der Waals surface area contributed by atoms with E-state index < -0.39 is 0 Å². The molecule has 2 fully saturated rings. The number of hydrogen-bond donors (Lipinski definition) is 1. The third-order valence-electron chi connectivity index (χ3n) is 4.56. The summed E-state index contributed by atoms with van der Waals surface area (Å²) in [4.78, 5) is 2.58. The quantitative estimate of drug-likeness (QED) is 0.895. The minimum absolute atomic E-state index is 0.700. The van der Waals surface area contributed by atoms with Gasteiger partial charge in [0, 0.05) is 42.7 Å². The van der Waals surface area contributed by atoms with Gasteiger partial charge in [-0.3, -0.25) is 4.90 Å². The zero-order chi connectivity index (χ0) is 12.7. The van der Waals surface area contributed by atoms with Crippen LogP contribution in [0.2, 0.25) is 0 Å². The Hall–Kier alpha value is -1.32. The van der Waals surface area contributed by atoms with Crippen LogP contribution in [-0.4, -0.2) is 30.1 Å². The highest BCUT2D eigenvalue weighted by Gasteiger charge is 2.29. The van der Waals surface area contributed by atoms with Crippen molar-refractivity contribution in [1.29, 1.82) is 0 Å². The van der Waals surface area contributed by atoms with Crippen molar-refractivity contribution in [2.75, 3.05) is 13.1 Å². The van der Waals surface area contributed by atoms with Crippen molar-refractivity contribution in [3.05, 3.63) is 36.1 Å². The fourth-order valence-corrected chi connectivity index (χ4v) is 3.56. The fraction of sp³-hybridized carbons (Fsp3) is 0.500. The molecule has 0 spiro atoms. The molecule has 19 heavy (non-hydrogen) atoms. The van der Waals surface area contributed by atoms with Crippen molar-refractivity contribution >= 4 is 11.0 Å². The van der Waals surface area contributed by atoms with Crippen molar-refractivity contribution in [3.63, 3.8) is 0 Å². The van der Waals surface area contributed by atoms with Gasteiger partial charge in [0.05, 0.1) is 6.26 Å². The van der Waals surface area contributed by atoms with Gasteiger partial charge in [0.25, 0.3) is 0 Å².